The Hall–Kier alpha value is 1.12. The number of halogens is 2. The van der Waals surface area contributed by atoms with Crippen molar-refractivity contribution in [2.75, 3.05) is 0 Å². The molecule has 0 aromatic rings. The molecule has 1 aliphatic carbocycles. The Labute approximate surface area is 127 Å². The fourth-order valence-corrected chi connectivity index (χ4v) is 24.4. The normalized spacial score (nSPS) is 23.9. The van der Waals surface area contributed by atoms with Crippen molar-refractivity contribution in [3.63, 3.8) is 0 Å². The number of hydrogen-bond acceptors (Lipinski definition) is 1. The van der Waals surface area contributed by atoms with Gasteiger partial charge in [-0.25, -0.2) is 0 Å². The van der Waals surface area contributed by atoms with Crippen LogP contribution in [0.2, 0.25) is 35.2 Å². The summed E-state index contributed by atoms with van der Waals surface area (Å²) in [6.45, 7) is 10.7. The van der Waals surface area contributed by atoms with Gasteiger partial charge in [0.05, 0.1) is 0 Å². The van der Waals surface area contributed by atoms with Gasteiger partial charge in [-0.15, -0.1) is 0 Å². The number of hydrogen-bond donors (Lipinski definition) is 1. The van der Waals surface area contributed by atoms with Gasteiger partial charge in [-0.1, -0.05) is 13.1 Å². The zero-order valence-electron chi connectivity index (χ0n) is 14.7. The Morgan fingerprint density at radius 2 is 1.25 bits per heavy atom. The molecule has 1 radical (unpaired) electrons. The summed E-state index contributed by atoms with van der Waals surface area (Å²) in [5, 5.41) is 0. The van der Waals surface area contributed by atoms with Gasteiger partial charge in [-0.2, -0.15) is 0 Å². The van der Waals surface area contributed by atoms with E-state index in [4.69, 9.17) is 17.0 Å². The van der Waals surface area contributed by atoms with Crippen LogP contribution in [0.25, 0.3) is 0 Å². The molecular formula is C15H34Cl2NSiZr. The van der Waals surface area contributed by atoms with Gasteiger partial charge >= 0.3 is 105 Å². The van der Waals surface area contributed by atoms with Crippen LogP contribution in [0.5, 0.6) is 0 Å². The number of rotatable bonds is 2. The Kier molecular flexibility index (Phi) is 3.99. The first-order chi connectivity index (χ1) is 8.16. The van der Waals surface area contributed by atoms with E-state index in [1.165, 1.54) is 0 Å². The zero-order valence-corrected chi connectivity index (χ0v) is 19.8. The molecule has 0 atom stereocenters. The second-order valence-corrected chi connectivity index (χ2v) is 76.9. The average molecular weight is 419 g/mol. The second kappa shape index (κ2) is 3.78. The summed E-state index contributed by atoms with van der Waals surface area (Å²) in [5.41, 5.74) is -0.161. The second-order valence-electron chi connectivity index (χ2n) is 11.5. The molecule has 0 amide bonds. The topological polar surface area (TPSA) is 12.0 Å². The minimum atomic E-state index is -5.47. The molecule has 0 aromatic heterocycles. The summed E-state index contributed by atoms with van der Waals surface area (Å²) in [7, 11) is 15.5. The number of nitrogens with one attached hydrogen (secondary N) is 1. The molecule has 0 saturated heterocycles. The summed E-state index contributed by atoms with van der Waals surface area (Å²) in [5.74, 6) is 0. The molecule has 0 heterocycles. The van der Waals surface area contributed by atoms with E-state index >= 15 is 0 Å². The predicted molar refractivity (Wildman–Crippen MR) is 99.0 cm³/mol. The van der Waals surface area contributed by atoms with Crippen molar-refractivity contribution in [1.82, 2.24) is 3.26 Å². The van der Waals surface area contributed by atoms with E-state index in [0.29, 0.717) is 0 Å². The summed E-state index contributed by atoms with van der Waals surface area (Å²) in [4.78, 5) is 0. The van der Waals surface area contributed by atoms with E-state index in [0.717, 1.165) is 9.52 Å². The van der Waals surface area contributed by atoms with Crippen LogP contribution in [0.15, 0.2) is 24.3 Å². The summed E-state index contributed by atoms with van der Waals surface area (Å²) >= 11 is -5.47. The quantitative estimate of drug-likeness (QED) is 0.503. The Morgan fingerprint density at radius 3 is 1.50 bits per heavy atom. The van der Waals surface area contributed by atoms with Crippen molar-refractivity contribution in [2.45, 2.75) is 61.6 Å². The molecule has 0 fully saturated rings. The fraction of sp³-hybridized carbons (Fsp3) is 0.733. The van der Waals surface area contributed by atoms with Gasteiger partial charge in [0.1, 0.15) is 0 Å². The van der Waals surface area contributed by atoms with Gasteiger partial charge in [0.2, 0.25) is 0 Å². The van der Waals surface area contributed by atoms with E-state index < -0.39 is 12.2 Å². The fourth-order valence-electron chi connectivity index (χ4n) is 3.53. The van der Waals surface area contributed by atoms with E-state index in [9.17, 15) is 0 Å². The first kappa shape index (κ1) is 21.1. The summed E-state index contributed by atoms with van der Waals surface area (Å²) < 4.78 is 11.8. The molecular weight excluding hydrogens is 384 g/mol. The van der Waals surface area contributed by atoms with E-state index in [-0.39, 0.29) is 9.16 Å². The van der Waals surface area contributed by atoms with Crippen LogP contribution >= 0.6 is 17.0 Å². The third kappa shape index (κ3) is 6.08. The van der Waals surface area contributed by atoms with Crippen molar-refractivity contribution in [1.29, 1.82) is 0 Å². The molecule has 0 saturated carbocycles. The van der Waals surface area contributed by atoms with E-state index in [1.54, 1.807) is 0 Å². The summed E-state index contributed by atoms with van der Waals surface area (Å²) in [6.07, 6.45) is 8.24. The molecule has 0 bridgehead atoms. The largest absolute Gasteiger partial charge is 0.0743 e. The van der Waals surface area contributed by atoms with Crippen LogP contribution in [0.4, 0.5) is 0 Å². The van der Waals surface area contributed by atoms with Crippen molar-refractivity contribution < 1.29 is 12.2 Å². The van der Waals surface area contributed by atoms with Crippen LogP contribution in [0.1, 0.15) is 20.8 Å². The molecule has 0 aliphatic heterocycles. The maximum absolute atomic E-state index is 7.38. The van der Waals surface area contributed by atoms with Gasteiger partial charge in [0.25, 0.3) is 0 Å². The molecule has 1 aliphatic rings. The van der Waals surface area contributed by atoms with Gasteiger partial charge in [-0.05, 0) is 0 Å². The first-order valence-electron chi connectivity index (χ1n) is 7.49. The average Bonchev–Trinajstić information content (AvgIpc) is 2.46. The molecule has 0 spiro atoms. The SMILES string of the molecule is CC(C)(C)[NH][Zr]([CH3])([CH3])([CH3])([CH3])([Cl])([Cl])[CH]1C=CC=C1.C[SiH]C. The minimum Gasteiger partial charge on any atom is -0.0743 e. The van der Waals surface area contributed by atoms with Crippen LogP contribution in [-0.2, 0) is 12.2 Å². The molecule has 0 aromatic carbocycles. The van der Waals surface area contributed by atoms with Gasteiger partial charge in [0.15, 0.2) is 0 Å². The van der Waals surface area contributed by atoms with Crippen molar-refractivity contribution in [3.8, 4) is 0 Å². The smallest absolute Gasteiger partial charge is 0.0213 e. The molecule has 5 heteroatoms. The minimum absolute atomic E-state index is 0.0159. The Morgan fingerprint density at radius 1 is 0.950 bits per heavy atom. The molecule has 121 valence electrons. The van der Waals surface area contributed by atoms with Crippen molar-refractivity contribution in [3.05, 3.63) is 24.3 Å². The maximum Gasteiger partial charge on any atom is 0.0213 e. The first-order valence-corrected chi connectivity index (χ1v) is 28.6. The Bertz CT molecular complexity index is 457. The molecule has 1 nitrogen and oxygen atoms in total. The van der Waals surface area contributed by atoms with Gasteiger partial charge in [0, 0.05) is 9.52 Å². The molecule has 0 unspecified atom stereocenters. The monoisotopic (exact) mass is 416 g/mol. The van der Waals surface area contributed by atoms with E-state index in [2.05, 4.69) is 49.3 Å². The Balaban J connectivity index is 0.00000110. The van der Waals surface area contributed by atoms with Crippen molar-refractivity contribution >= 4 is 26.5 Å². The predicted octanol–water partition coefficient (Wildman–Crippen LogP) is 6.52. The number of allylic oxidation sites excluding steroid dienone is 4. The maximum atomic E-state index is 7.38. The van der Waals surface area contributed by atoms with Gasteiger partial charge < -0.3 is 0 Å². The standard InChI is InChI=1S/C5H5.C4H10N.C2H7Si.4CH3.2ClH.Zr/c1-2-4-5-3-1;1-4(2,3)5;1-3-2;;;;;;;/h1-5H;5H,1-3H3;3H,1-2H3;4*1H3;2*1H;/q;-1;;;;;;;;+3/p-2. The van der Waals surface area contributed by atoms with Crippen LogP contribution in [0.3, 0.4) is 0 Å². The van der Waals surface area contributed by atoms with Gasteiger partial charge in [-0.3, -0.25) is 0 Å². The van der Waals surface area contributed by atoms with Crippen molar-refractivity contribution in [2.24, 2.45) is 0 Å². The third-order valence-corrected chi connectivity index (χ3v) is 22.3. The molecule has 20 heavy (non-hydrogen) atoms. The molecule has 1 rings (SSSR count). The van der Waals surface area contributed by atoms with Crippen LogP contribution in [-0.4, -0.2) is 15.1 Å². The van der Waals surface area contributed by atoms with E-state index in [1.807, 2.05) is 30.7 Å². The molecule has 1 N–H and O–H groups in total. The van der Waals surface area contributed by atoms with Crippen LogP contribution in [0, 0.1) is 0 Å². The van der Waals surface area contributed by atoms with Crippen LogP contribution < -0.4 is 3.26 Å². The third-order valence-electron chi connectivity index (χ3n) is 3.54. The zero-order chi connectivity index (χ0) is 16.7. The summed E-state index contributed by atoms with van der Waals surface area (Å²) in [6, 6.07) is 0.